The largest absolute Gasteiger partial charge is 0.135 e. The number of benzene rings is 24. The predicted molar refractivity (Wildman–Crippen MR) is 562 cm³/mol. The zero-order valence-electron chi connectivity index (χ0n) is 69.9. The molecule has 0 nitrogen and oxygen atoms in total. The van der Waals surface area contributed by atoms with Gasteiger partial charge in [-0.2, -0.15) is 0 Å². The van der Waals surface area contributed by atoms with Crippen LogP contribution < -0.4 is 0 Å². The van der Waals surface area contributed by atoms with Crippen molar-refractivity contribution in [3.63, 3.8) is 0 Å². The summed E-state index contributed by atoms with van der Waals surface area (Å²) in [5.74, 6) is 0. The number of fused-ring (bicyclic) bond motifs is 18. The Bertz CT molecular complexity index is 9290. The molecular formula is C126H74S3. The zero-order chi connectivity index (χ0) is 84.5. The number of rotatable bonds is 11. The second-order valence-electron chi connectivity index (χ2n) is 34.5. The van der Waals surface area contributed by atoms with E-state index in [1.54, 1.807) is 0 Å². The van der Waals surface area contributed by atoms with E-state index in [2.05, 4.69) is 449 Å². The Hall–Kier alpha value is -15.7. The second kappa shape index (κ2) is 29.5. The quantitative estimate of drug-likeness (QED) is 0.113. The van der Waals surface area contributed by atoms with Crippen LogP contribution in [0.25, 0.3) is 280 Å². The van der Waals surface area contributed by atoms with Crippen LogP contribution in [0.3, 0.4) is 0 Å². The summed E-state index contributed by atoms with van der Waals surface area (Å²) in [6.45, 7) is 0. The highest BCUT2D eigenvalue weighted by Crippen LogP contribution is 2.57. The molecule has 129 heavy (non-hydrogen) atoms. The molecule has 0 atom stereocenters. The average Bonchev–Trinajstić information content (AvgIpc) is 1.69. The van der Waals surface area contributed by atoms with E-state index in [9.17, 15) is 0 Å². The molecule has 0 radical (unpaired) electrons. The third-order valence-corrected chi connectivity index (χ3v) is 31.2. The molecule has 0 fully saturated rings. The maximum atomic E-state index is 2.52. The van der Waals surface area contributed by atoms with Gasteiger partial charge < -0.3 is 0 Å². The SMILES string of the molecule is c1cc(-c2ccc3ccccc3c2)cc(-c2c3ccccc3c(-c3ccc(-c4ccc(-c5c6ccccc6c(-c6ccc(-c7ccc(-c8ccc(-c9c%10ccccc%10c(-c%10cccc%11sc%12ccccc%12c%10%11)c%10ccccc9%10)cc8)c8ccccc78)c7sc8ccccc8c67)c6ccccc56)c(-c5ccc6ccccc6c5)c4)c4sc5ccccc5c34)c3ccccc23)c1. The highest BCUT2D eigenvalue weighted by Gasteiger charge is 2.29. The molecule has 596 valence electrons. The minimum atomic E-state index is 1.17. The van der Waals surface area contributed by atoms with Crippen molar-refractivity contribution < 1.29 is 0 Å². The van der Waals surface area contributed by atoms with Gasteiger partial charge in [0.05, 0.1) is 0 Å². The molecule has 0 aliphatic carbocycles. The van der Waals surface area contributed by atoms with Crippen LogP contribution in [-0.2, 0) is 0 Å². The summed E-state index contributed by atoms with van der Waals surface area (Å²) in [6, 6.07) is 170. The van der Waals surface area contributed by atoms with Crippen molar-refractivity contribution in [1.29, 1.82) is 0 Å². The first-order valence-electron chi connectivity index (χ1n) is 44.5. The van der Waals surface area contributed by atoms with Crippen molar-refractivity contribution in [3.8, 4) is 122 Å². The lowest BCUT2D eigenvalue weighted by Gasteiger charge is -2.22. The van der Waals surface area contributed by atoms with Crippen molar-refractivity contribution >= 4 is 191 Å². The van der Waals surface area contributed by atoms with Gasteiger partial charge in [0, 0.05) is 66.1 Å². The molecule has 0 N–H and O–H groups in total. The van der Waals surface area contributed by atoms with Crippen LogP contribution in [0, 0.1) is 0 Å². The predicted octanol–water partition coefficient (Wildman–Crippen LogP) is 37.5. The van der Waals surface area contributed by atoms with Crippen molar-refractivity contribution in [1.82, 2.24) is 0 Å². The molecule has 3 heteroatoms. The molecule has 24 aromatic carbocycles. The minimum Gasteiger partial charge on any atom is -0.135 e. The molecular weight excluding hydrogens is 1610 g/mol. The monoisotopic (exact) mass is 1680 g/mol. The van der Waals surface area contributed by atoms with Gasteiger partial charge in [0.2, 0.25) is 0 Å². The highest BCUT2D eigenvalue weighted by atomic mass is 32.1. The first kappa shape index (κ1) is 73.6. The fraction of sp³-hybridized carbons (Fsp3) is 0. The molecule has 0 aliphatic rings. The van der Waals surface area contributed by atoms with Gasteiger partial charge >= 0.3 is 0 Å². The molecule has 0 aliphatic heterocycles. The molecule has 3 heterocycles. The number of thiophene rings is 3. The van der Waals surface area contributed by atoms with Crippen LogP contribution in [0.2, 0.25) is 0 Å². The van der Waals surface area contributed by atoms with Crippen LogP contribution in [0.15, 0.2) is 449 Å². The Morgan fingerprint density at radius 2 is 0.419 bits per heavy atom. The maximum absolute atomic E-state index is 2.52. The average molecular weight is 1680 g/mol. The fourth-order valence-corrected chi connectivity index (χ4v) is 25.7. The molecule has 0 bridgehead atoms. The van der Waals surface area contributed by atoms with Crippen LogP contribution >= 0.6 is 34.0 Å². The first-order valence-corrected chi connectivity index (χ1v) is 46.9. The van der Waals surface area contributed by atoms with Gasteiger partial charge in [0.15, 0.2) is 0 Å². The summed E-state index contributed by atoms with van der Waals surface area (Å²) in [5.41, 5.74) is 26.9. The van der Waals surface area contributed by atoms with Gasteiger partial charge in [-0.1, -0.05) is 400 Å². The molecule has 0 saturated carbocycles. The van der Waals surface area contributed by atoms with Crippen molar-refractivity contribution in [2.45, 2.75) is 0 Å². The van der Waals surface area contributed by atoms with E-state index >= 15 is 0 Å². The topological polar surface area (TPSA) is 0 Å². The summed E-state index contributed by atoms with van der Waals surface area (Å²) in [4.78, 5) is 0. The van der Waals surface area contributed by atoms with Gasteiger partial charge in [0.1, 0.15) is 0 Å². The normalized spacial score (nSPS) is 12.0. The molecule has 0 spiro atoms. The van der Waals surface area contributed by atoms with Gasteiger partial charge in [-0.3, -0.25) is 0 Å². The van der Waals surface area contributed by atoms with Gasteiger partial charge in [-0.15, -0.1) is 34.0 Å². The lowest BCUT2D eigenvalue weighted by atomic mass is 9.81. The summed E-state index contributed by atoms with van der Waals surface area (Å²) in [6.07, 6.45) is 0. The fourth-order valence-electron chi connectivity index (χ4n) is 22.0. The summed E-state index contributed by atoms with van der Waals surface area (Å²) >= 11 is 5.71. The Balaban J connectivity index is 0.596. The summed E-state index contributed by atoms with van der Waals surface area (Å²) in [5, 5.41) is 29.9. The maximum Gasteiger partial charge on any atom is 0.0440 e. The van der Waals surface area contributed by atoms with Crippen LogP contribution in [0.4, 0.5) is 0 Å². The van der Waals surface area contributed by atoms with Crippen molar-refractivity contribution in [3.05, 3.63) is 449 Å². The Kier molecular flexibility index (Phi) is 16.8. The number of hydrogen-bond donors (Lipinski definition) is 0. The molecule has 3 aromatic heterocycles. The van der Waals surface area contributed by atoms with Crippen molar-refractivity contribution in [2.75, 3.05) is 0 Å². The van der Waals surface area contributed by atoms with Crippen LogP contribution in [0.5, 0.6) is 0 Å². The van der Waals surface area contributed by atoms with E-state index in [-0.39, 0.29) is 0 Å². The lowest BCUT2D eigenvalue weighted by molar-refractivity contribution is 1.61. The Labute approximate surface area is 756 Å². The van der Waals surface area contributed by atoms with E-state index < -0.39 is 0 Å². The van der Waals surface area contributed by atoms with Crippen molar-refractivity contribution in [2.24, 2.45) is 0 Å². The Morgan fingerprint density at radius 3 is 0.938 bits per heavy atom. The van der Waals surface area contributed by atoms with E-state index in [1.807, 2.05) is 34.0 Å². The summed E-state index contributed by atoms with van der Waals surface area (Å²) in [7, 11) is 0. The van der Waals surface area contributed by atoms with Gasteiger partial charge in [0.25, 0.3) is 0 Å². The third-order valence-electron chi connectivity index (χ3n) is 27.7. The third kappa shape index (κ3) is 11.5. The van der Waals surface area contributed by atoms with Gasteiger partial charge in [-0.05, 0) is 262 Å². The molecule has 0 saturated heterocycles. The highest BCUT2D eigenvalue weighted by molar-refractivity contribution is 7.27. The van der Waals surface area contributed by atoms with E-state index in [1.165, 1.54) is 280 Å². The van der Waals surface area contributed by atoms with E-state index in [0.717, 1.165) is 0 Å². The molecule has 27 aromatic rings. The van der Waals surface area contributed by atoms with E-state index in [4.69, 9.17) is 0 Å². The standard InChI is InChI=1S/C126H74S3/c1-3-29-79-71-82(61-55-75(79)27-1)81-31-25-32-85(73-81)117-93-37-9-13-41-97(93)120(98-42-14-10-38-94(98)117)109-69-66-87(125-123(109)106-48-20-23-52-113(106)128-125)84-63-64-103(111(74-84)83-62-56-76-28-2-4-30-80(76)72-83)118-99-43-15-17-45-101(99)121(102-46-18-16-44-100(102)118)110-70-68-104(126-124(110)107-49-21-24-53-114(107)129-126)90-67-65-86(88-33-5-6-34-89(88)90)77-57-59-78(60-58-77)116-91-35-7-11-39-95(91)119(96-40-12-8-36-92(96)116)108-50-26-54-115-122(108)105-47-19-22-51-112(105)127-115/h1-74H. The minimum absolute atomic E-state index is 1.17. The van der Waals surface area contributed by atoms with Crippen LogP contribution in [0.1, 0.15) is 0 Å². The van der Waals surface area contributed by atoms with Crippen LogP contribution in [-0.4, -0.2) is 0 Å². The first-order chi connectivity index (χ1) is 64.0. The molecule has 27 rings (SSSR count). The lowest BCUT2D eigenvalue weighted by Crippen LogP contribution is -1.94. The van der Waals surface area contributed by atoms with E-state index in [0.29, 0.717) is 0 Å². The summed E-state index contributed by atoms with van der Waals surface area (Å²) < 4.78 is 7.72. The second-order valence-corrected chi connectivity index (χ2v) is 37.7. The van der Waals surface area contributed by atoms with Gasteiger partial charge in [-0.25, -0.2) is 0 Å². The smallest absolute Gasteiger partial charge is 0.0440 e. The molecule has 0 amide bonds. The zero-order valence-corrected chi connectivity index (χ0v) is 72.4. The molecule has 0 unspecified atom stereocenters. The Morgan fingerprint density at radius 1 is 0.116 bits per heavy atom. The number of hydrogen-bond acceptors (Lipinski definition) is 3.